The fourth-order valence-corrected chi connectivity index (χ4v) is 3.11. The van der Waals surface area contributed by atoms with Crippen LogP contribution in [0.25, 0.3) is 0 Å². The number of rotatable bonds is 4. The van der Waals surface area contributed by atoms with E-state index in [2.05, 4.69) is 42.3 Å². The fraction of sp³-hybridized carbons (Fsp3) is 0.556. The number of piperidine rings is 1. The van der Waals surface area contributed by atoms with Crippen molar-refractivity contribution in [2.45, 2.75) is 44.6 Å². The van der Waals surface area contributed by atoms with Crippen LogP contribution in [-0.2, 0) is 4.79 Å². The molecule has 1 atom stereocenters. The molecule has 2 rings (SSSR count). The summed E-state index contributed by atoms with van der Waals surface area (Å²) in [4.78, 5) is 14.6. The fourth-order valence-electron chi connectivity index (χ4n) is 3.11. The van der Waals surface area contributed by atoms with Gasteiger partial charge in [-0.15, -0.1) is 0 Å². The van der Waals surface area contributed by atoms with Crippen molar-refractivity contribution in [3.8, 4) is 6.07 Å². The Morgan fingerprint density at radius 3 is 2.64 bits per heavy atom. The van der Waals surface area contributed by atoms with E-state index in [4.69, 9.17) is 0 Å². The molecule has 1 aromatic rings. The van der Waals surface area contributed by atoms with Crippen molar-refractivity contribution in [3.05, 3.63) is 35.4 Å². The molecule has 0 bridgehead atoms. The van der Waals surface area contributed by atoms with Gasteiger partial charge in [0.2, 0.25) is 5.91 Å². The molecule has 1 saturated heterocycles. The third-order valence-corrected chi connectivity index (χ3v) is 4.64. The lowest BCUT2D eigenvalue weighted by Crippen LogP contribution is -2.53. The summed E-state index contributed by atoms with van der Waals surface area (Å²) in [6.07, 6.45) is 1.82. The Hall–Kier alpha value is -1.86. The number of benzene rings is 1. The molecule has 1 fully saturated rings. The standard InChI is InChI=1S/C18H25N3O/c1-14-6-4-5-7-16(14)15(2)12-17(22)20-18(13-19)8-10-21(3)11-9-18/h4-7,15H,8-12H2,1-3H3,(H,20,22)/t15-/m1/s1. The van der Waals surface area contributed by atoms with E-state index in [0.29, 0.717) is 19.3 Å². The number of nitrogens with zero attached hydrogens (tertiary/aromatic N) is 2. The van der Waals surface area contributed by atoms with E-state index in [1.807, 2.05) is 19.2 Å². The van der Waals surface area contributed by atoms with Gasteiger partial charge in [0.15, 0.2) is 0 Å². The normalized spacial score (nSPS) is 19.2. The van der Waals surface area contributed by atoms with Crippen LogP contribution in [-0.4, -0.2) is 36.5 Å². The topological polar surface area (TPSA) is 56.1 Å². The van der Waals surface area contributed by atoms with E-state index >= 15 is 0 Å². The Labute approximate surface area is 133 Å². The molecule has 118 valence electrons. The molecule has 4 heteroatoms. The predicted molar refractivity (Wildman–Crippen MR) is 87.4 cm³/mol. The summed E-state index contributed by atoms with van der Waals surface area (Å²) in [5.41, 5.74) is 1.72. The maximum Gasteiger partial charge on any atom is 0.221 e. The lowest BCUT2D eigenvalue weighted by atomic mass is 9.88. The van der Waals surface area contributed by atoms with Gasteiger partial charge in [0.05, 0.1) is 6.07 Å². The van der Waals surface area contributed by atoms with Crippen LogP contribution in [0.5, 0.6) is 0 Å². The molecule has 22 heavy (non-hydrogen) atoms. The second-order valence-corrected chi connectivity index (χ2v) is 6.51. The van der Waals surface area contributed by atoms with E-state index in [1.54, 1.807) is 0 Å². The Kier molecular flexibility index (Phi) is 5.20. The molecule has 0 spiro atoms. The molecule has 0 aromatic heterocycles. The lowest BCUT2D eigenvalue weighted by molar-refractivity contribution is -0.123. The minimum Gasteiger partial charge on any atom is -0.338 e. The maximum absolute atomic E-state index is 12.4. The largest absolute Gasteiger partial charge is 0.338 e. The minimum atomic E-state index is -0.685. The van der Waals surface area contributed by atoms with Crippen molar-refractivity contribution in [3.63, 3.8) is 0 Å². The number of hydrogen-bond donors (Lipinski definition) is 1. The van der Waals surface area contributed by atoms with Gasteiger partial charge in [0, 0.05) is 19.5 Å². The lowest BCUT2D eigenvalue weighted by Gasteiger charge is -2.36. The maximum atomic E-state index is 12.4. The van der Waals surface area contributed by atoms with Crippen LogP contribution in [0.15, 0.2) is 24.3 Å². The Morgan fingerprint density at radius 2 is 2.05 bits per heavy atom. The predicted octanol–water partition coefficient (Wildman–Crippen LogP) is 2.59. The van der Waals surface area contributed by atoms with E-state index < -0.39 is 5.54 Å². The van der Waals surface area contributed by atoms with Gasteiger partial charge in [-0.25, -0.2) is 0 Å². The Balaban J connectivity index is 1.98. The number of amides is 1. The van der Waals surface area contributed by atoms with Crippen molar-refractivity contribution >= 4 is 5.91 Å². The van der Waals surface area contributed by atoms with Gasteiger partial charge in [-0.2, -0.15) is 5.26 Å². The van der Waals surface area contributed by atoms with Crippen LogP contribution >= 0.6 is 0 Å². The van der Waals surface area contributed by atoms with E-state index in [9.17, 15) is 10.1 Å². The number of hydrogen-bond acceptors (Lipinski definition) is 3. The zero-order chi connectivity index (χ0) is 16.2. The Bertz CT molecular complexity index is 568. The SMILES string of the molecule is Cc1ccccc1[C@H](C)CC(=O)NC1(C#N)CCN(C)CC1. The summed E-state index contributed by atoms with van der Waals surface area (Å²) >= 11 is 0. The number of carbonyl (C=O) groups is 1. The molecule has 1 amide bonds. The highest BCUT2D eigenvalue weighted by atomic mass is 16.1. The third kappa shape index (κ3) is 3.86. The highest BCUT2D eigenvalue weighted by Gasteiger charge is 2.35. The van der Waals surface area contributed by atoms with Crippen LogP contribution in [0.1, 0.15) is 43.2 Å². The molecule has 1 aromatic carbocycles. The van der Waals surface area contributed by atoms with E-state index in [0.717, 1.165) is 13.1 Å². The van der Waals surface area contributed by atoms with Crippen LogP contribution in [0.3, 0.4) is 0 Å². The molecule has 0 aliphatic carbocycles. The summed E-state index contributed by atoms with van der Waals surface area (Å²) in [6, 6.07) is 10.5. The number of nitriles is 1. The number of likely N-dealkylation sites (tertiary alicyclic amines) is 1. The first kappa shape index (κ1) is 16.5. The van der Waals surface area contributed by atoms with Gasteiger partial charge >= 0.3 is 0 Å². The van der Waals surface area contributed by atoms with Crippen LogP contribution in [0.2, 0.25) is 0 Å². The summed E-state index contributed by atoms with van der Waals surface area (Å²) < 4.78 is 0. The first-order valence-corrected chi connectivity index (χ1v) is 7.92. The molecule has 1 aliphatic rings. The van der Waals surface area contributed by atoms with Crippen LogP contribution < -0.4 is 5.32 Å². The molecule has 1 N–H and O–H groups in total. The smallest absolute Gasteiger partial charge is 0.221 e. The molecule has 0 radical (unpaired) electrons. The molecule has 4 nitrogen and oxygen atoms in total. The van der Waals surface area contributed by atoms with Crippen molar-refractivity contribution in [1.82, 2.24) is 10.2 Å². The Morgan fingerprint density at radius 1 is 1.41 bits per heavy atom. The van der Waals surface area contributed by atoms with Crippen LogP contribution in [0, 0.1) is 18.3 Å². The van der Waals surface area contributed by atoms with Gasteiger partial charge in [-0.1, -0.05) is 31.2 Å². The van der Waals surface area contributed by atoms with E-state index in [-0.39, 0.29) is 11.8 Å². The zero-order valence-electron chi connectivity index (χ0n) is 13.7. The molecule has 1 aliphatic heterocycles. The second-order valence-electron chi connectivity index (χ2n) is 6.51. The highest BCUT2D eigenvalue weighted by molar-refractivity contribution is 5.78. The average Bonchev–Trinajstić information content (AvgIpc) is 2.50. The minimum absolute atomic E-state index is 0.0261. The third-order valence-electron chi connectivity index (χ3n) is 4.64. The molecular formula is C18H25N3O. The van der Waals surface area contributed by atoms with Crippen molar-refractivity contribution in [2.24, 2.45) is 0 Å². The van der Waals surface area contributed by atoms with Crippen molar-refractivity contribution < 1.29 is 4.79 Å². The van der Waals surface area contributed by atoms with Gasteiger partial charge in [0.1, 0.15) is 5.54 Å². The van der Waals surface area contributed by atoms with Crippen LogP contribution in [0.4, 0.5) is 0 Å². The van der Waals surface area contributed by atoms with Crippen molar-refractivity contribution in [2.75, 3.05) is 20.1 Å². The summed E-state index contributed by atoms with van der Waals surface area (Å²) in [5, 5.41) is 12.5. The summed E-state index contributed by atoms with van der Waals surface area (Å²) in [5.74, 6) is 0.130. The van der Waals surface area contributed by atoms with Gasteiger partial charge in [-0.3, -0.25) is 4.79 Å². The number of nitrogens with one attached hydrogen (secondary N) is 1. The second kappa shape index (κ2) is 6.93. The zero-order valence-corrected chi connectivity index (χ0v) is 13.7. The quantitative estimate of drug-likeness (QED) is 0.929. The number of carbonyl (C=O) groups excluding carboxylic acids is 1. The number of aryl methyl sites for hydroxylation is 1. The molecule has 1 heterocycles. The highest BCUT2D eigenvalue weighted by Crippen LogP contribution is 2.25. The van der Waals surface area contributed by atoms with Gasteiger partial charge in [0.25, 0.3) is 0 Å². The first-order valence-electron chi connectivity index (χ1n) is 7.92. The summed E-state index contributed by atoms with van der Waals surface area (Å²) in [7, 11) is 2.05. The molecule has 0 unspecified atom stereocenters. The monoisotopic (exact) mass is 299 g/mol. The van der Waals surface area contributed by atoms with Gasteiger partial charge < -0.3 is 10.2 Å². The average molecular weight is 299 g/mol. The molecule has 0 saturated carbocycles. The van der Waals surface area contributed by atoms with E-state index in [1.165, 1.54) is 11.1 Å². The van der Waals surface area contributed by atoms with Crippen molar-refractivity contribution in [1.29, 1.82) is 5.26 Å². The molecular weight excluding hydrogens is 274 g/mol. The first-order chi connectivity index (χ1) is 10.5. The van der Waals surface area contributed by atoms with Gasteiger partial charge in [-0.05, 0) is 43.9 Å². The summed E-state index contributed by atoms with van der Waals surface area (Å²) in [6.45, 7) is 5.83.